The van der Waals surface area contributed by atoms with Crippen molar-refractivity contribution in [1.82, 2.24) is 0 Å². The van der Waals surface area contributed by atoms with Crippen molar-refractivity contribution in [3.8, 4) is 0 Å². The van der Waals surface area contributed by atoms with E-state index in [2.05, 4.69) is 9.53 Å². The molecule has 0 aliphatic heterocycles. The first-order chi connectivity index (χ1) is 8.11. The van der Waals surface area contributed by atoms with Crippen LogP contribution in [0.15, 0.2) is 24.3 Å². The van der Waals surface area contributed by atoms with Gasteiger partial charge in [0.05, 0.1) is 6.61 Å². The standard InChI is InChI=1S/C11H11ClN2O3/c1-2-17-11(16)9(14-13)10(15)7-5-3-4-6-8(7)12/h3-6,10,15H,2H2,1H3/t10-/m1/s1. The van der Waals surface area contributed by atoms with E-state index in [0.29, 0.717) is 0 Å². The number of carbonyl (C=O) groups excluding carboxylic acids is 1. The number of hydrogen-bond donors (Lipinski definition) is 1. The highest BCUT2D eigenvalue weighted by molar-refractivity contribution is 6.37. The van der Waals surface area contributed by atoms with E-state index in [4.69, 9.17) is 17.1 Å². The van der Waals surface area contributed by atoms with Crippen molar-refractivity contribution < 1.29 is 19.4 Å². The van der Waals surface area contributed by atoms with Gasteiger partial charge in [-0.1, -0.05) is 29.8 Å². The number of aliphatic hydroxyl groups excluding tert-OH is 1. The van der Waals surface area contributed by atoms with Gasteiger partial charge in [-0.25, -0.2) is 4.79 Å². The zero-order chi connectivity index (χ0) is 12.8. The maximum atomic E-state index is 11.4. The molecule has 1 aromatic rings. The molecule has 0 amide bonds. The van der Waals surface area contributed by atoms with E-state index in [1.807, 2.05) is 0 Å². The van der Waals surface area contributed by atoms with Gasteiger partial charge in [0.1, 0.15) is 0 Å². The van der Waals surface area contributed by atoms with Gasteiger partial charge < -0.3 is 15.4 Å². The minimum atomic E-state index is -1.42. The molecule has 5 nitrogen and oxygen atoms in total. The molecule has 0 aliphatic carbocycles. The number of benzene rings is 1. The Morgan fingerprint density at radius 2 is 2.24 bits per heavy atom. The molecule has 1 atom stereocenters. The second-order valence-corrected chi connectivity index (χ2v) is 3.54. The topological polar surface area (TPSA) is 82.9 Å². The Kier molecular flexibility index (Phi) is 4.84. The van der Waals surface area contributed by atoms with Gasteiger partial charge in [0.25, 0.3) is 0 Å². The lowest BCUT2D eigenvalue weighted by atomic mass is 10.1. The van der Waals surface area contributed by atoms with Crippen LogP contribution in [0.4, 0.5) is 0 Å². The fourth-order valence-electron chi connectivity index (χ4n) is 1.26. The maximum Gasteiger partial charge on any atom is 0.420 e. The Morgan fingerprint density at radius 3 is 2.76 bits per heavy atom. The van der Waals surface area contributed by atoms with Crippen molar-refractivity contribution in [2.45, 2.75) is 13.0 Å². The first-order valence-corrected chi connectivity index (χ1v) is 5.31. The summed E-state index contributed by atoms with van der Waals surface area (Å²) in [5.74, 6) is -0.887. The van der Waals surface area contributed by atoms with E-state index in [0.717, 1.165) is 0 Å². The molecule has 0 spiro atoms. The second kappa shape index (κ2) is 6.15. The van der Waals surface area contributed by atoms with Crippen LogP contribution in [-0.2, 0) is 9.53 Å². The maximum absolute atomic E-state index is 11.4. The summed E-state index contributed by atoms with van der Waals surface area (Å²) in [6.45, 7) is 1.72. The van der Waals surface area contributed by atoms with Crippen molar-refractivity contribution >= 4 is 23.3 Å². The van der Waals surface area contributed by atoms with Crippen molar-refractivity contribution in [3.05, 3.63) is 40.4 Å². The summed E-state index contributed by atoms with van der Waals surface area (Å²) in [6, 6.07) is 6.40. The van der Waals surface area contributed by atoms with Crippen molar-refractivity contribution in [3.63, 3.8) is 0 Å². The Bertz CT molecular complexity index is 470. The Balaban J connectivity index is 3.03. The average molecular weight is 255 g/mol. The molecule has 0 aliphatic rings. The lowest BCUT2D eigenvalue weighted by molar-refractivity contribution is -0.141. The Hall–Kier alpha value is -1.68. The highest BCUT2D eigenvalue weighted by Gasteiger charge is 2.33. The quantitative estimate of drug-likeness (QED) is 0.383. The molecular weight excluding hydrogens is 244 g/mol. The molecule has 1 N–H and O–H groups in total. The van der Waals surface area contributed by atoms with Gasteiger partial charge in [-0.2, -0.15) is 4.79 Å². The number of hydrogen-bond acceptors (Lipinski definition) is 3. The van der Waals surface area contributed by atoms with Crippen LogP contribution >= 0.6 is 11.6 Å². The third kappa shape index (κ3) is 3.14. The number of esters is 1. The van der Waals surface area contributed by atoms with Crippen LogP contribution in [0, 0.1) is 0 Å². The van der Waals surface area contributed by atoms with Crippen LogP contribution in [0.3, 0.4) is 0 Å². The predicted molar refractivity (Wildman–Crippen MR) is 61.7 cm³/mol. The van der Waals surface area contributed by atoms with Crippen LogP contribution in [-0.4, -0.2) is 28.2 Å². The van der Waals surface area contributed by atoms with Gasteiger partial charge in [0.2, 0.25) is 0 Å². The van der Waals surface area contributed by atoms with Crippen LogP contribution in [0.1, 0.15) is 18.6 Å². The van der Waals surface area contributed by atoms with E-state index < -0.39 is 17.8 Å². The molecular formula is C11H11ClN2O3. The molecule has 0 fully saturated rings. The molecule has 0 saturated heterocycles. The number of nitrogens with zero attached hydrogens (tertiary/aromatic N) is 2. The summed E-state index contributed by atoms with van der Waals surface area (Å²) >= 11 is 5.85. The zero-order valence-electron chi connectivity index (χ0n) is 9.13. The van der Waals surface area contributed by atoms with Gasteiger partial charge in [0, 0.05) is 10.6 Å². The van der Waals surface area contributed by atoms with Crippen LogP contribution in [0.5, 0.6) is 0 Å². The van der Waals surface area contributed by atoms with Gasteiger partial charge in [-0.3, -0.25) is 0 Å². The third-order valence-electron chi connectivity index (χ3n) is 2.05. The molecule has 0 heterocycles. The minimum Gasteiger partial charge on any atom is -0.457 e. The van der Waals surface area contributed by atoms with Gasteiger partial charge in [-0.15, -0.1) is 0 Å². The third-order valence-corrected chi connectivity index (χ3v) is 2.40. The van der Waals surface area contributed by atoms with Crippen LogP contribution in [0.25, 0.3) is 5.53 Å². The zero-order valence-corrected chi connectivity index (χ0v) is 9.89. The Labute approximate surface area is 103 Å². The summed E-state index contributed by atoms with van der Waals surface area (Å²) in [6.07, 6.45) is -1.42. The average Bonchev–Trinajstić information content (AvgIpc) is 2.30. The predicted octanol–water partition coefficient (Wildman–Crippen LogP) is 1.61. The van der Waals surface area contributed by atoms with Gasteiger partial charge in [-0.05, 0) is 13.0 Å². The summed E-state index contributed by atoms with van der Waals surface area (Å²) < 4.78 is 4.64. The molecule has 0 bridgehead atoms. The number of halogens is 1. The molecule has 0 unspecified atom stereocenters. The second-order valence-electron chi connectivity index (χ2n) is 3.13. The van der Waals surface area contributed by atoms with E-state index in [-0.39, 0.29) is 17.2 Å². The first-order valence-electron chi connectivity index (χ1n) is 4.93. The normalized spacial score (nSPS) is 11.5. The molecule has 1 rings (SSSR count). The fourth-order valence-corrected chi connectivity index (χ4v) is 1.50. The molecule has 0 saturated carbocycles. The van der Waals surface area contributed by atoms with E-state index in [9.17, 15) is 9.90 Å². The number of ether oxygens (including phenoxy) is 1. The fraction of sp³-hybridized carbons (Fsp3) is 0.273. The summed E-state index contributed by atoms with van der Waals surface area (Å²) in [7, 11) is 0. The van der Waals surface area contributed by atoms with E-state index in [1.54, 1.807) is 25.1 Å². The molecule has 0 radical (unpaired) electrons. The minimum absolute atomic E-state index is 0.118. The van der Waals surface area contributed by atoms with Gasteiger partial charge >= 0.3 is 11.7 Å². The number of carbonyl (C=O) groups is 1. The van der Waals surface area contributed by atoms with E-state index in [1.165, 1.54) is 6.07 Å². The van der Waals surface area contributed by atoms with E-state index >= 15 is 0 Å². The lowest BCUT2D eigenvalue weighted by Crippen LogP contribution is -2.25. The molecule has 17 heavy (non-hydrogen) atoms. The van der Waals surface area contributed by atoms with Crippen LogP contribution in [0.2, 0.25) is 5.02 Å². The smallest absolute Gasteiger partial charge is 0.420 e. The SMILES string of the molecule is CCOC(=O)C(=[N+]=[N-])[C@H](O)c1ccccc1Cl. The summed E-state index contributed by atoms with van der Waals surface area (Å²) in [5.41, 5.74) is 8.50. The highest BCUT2D eigenvalue weighted by atomic mass is 35.5. The number of aliphatic hydroxyl groups is 1. The van der Waals surface area contributed by atoms with Gasteiger partial charge in [0.15, 0.2) is 6.10 Å². The largest absolute Gasteiger partial charge is 0.457 e. The Morgan fingerprint density at radius 1 is 1.59 bits per heavy atom. The van der Waals surface area contributed by atoms with Crippen LogP contribution < -0.4 is 0 Å². The lowest BCUT2D eigenvalue weighted by Gasteiger charge is -2.07. The van der Waals surface area contributed by atoms with Crippen molar-refractivity contribution in [2.75, 3.05) is 6.61 Å². The van der Waals surface area contributed by atoms with Crippen molar-refractivity contribution in [1.29, 1.82) is 0 Å². The molecule has 0 aromatic heterocycles. The summed E-state index contributed by atoms with van der Waals surface area (Å²) in [4.78, 5) is 14.1. The monoisotopic (exact) mass is 254 g/mol. The van der Waals surface area contributed by atoms with Crippen molar-refractivity contribution in [2.24, 2.45) is 0 Å². The summed E-state index contributed by atoms with van der Waals surface area (Å²) in [5, 5.41) is 10.2. The number of rotatable bonds is 4. The molecule has 1 aromatic carbocycles. The molecule has 6 heteroatoms. The molecule has 90 valence electrons. The first kappa shape index (κ1) is 13.4. The highest BCUT2D eigenvalue weighted by Crippen LogP contribution is 2.23.